The summed E-state index contributed by atoms with van der Waals surface area (Å²) < 4.78 is 1.06. The summed E-state index contributed by atoms with van der Waals surface area (Å²) in [5.41, 5.74) is 2.88. The fourth-order valence-corrected chi connectivity index (χ4v) is 2.25. The Kier molecular flexibility index (Phi) is 3.36. The van der Waals surface area contributed by atoms with Crippen LogP contribution in [0.2, 0.25) is 5.15 Å². The highest BCUT2D eigenvalue weighted by atomic mass is 79.9. The lowest BCUT2D eigenvalue weighted by molar-refractivity contribution is 1.18. The Labute approximate surface area is 123 Å². The standard InChI is InChI=1S/C14H9BrClN3/c15-10-2-1-9-5-11(19-13(9)6-10)3-4-12-7-18-14(16)8-17-12/h1-8,19H. The van der Waals surface area contributed by atoms with Gasteiger partial charge in [-0.2, -0.15) is 0 Å². The summed E-state index contributed by atoms with van der Waals surface area (Å²) in [5.74, 6) is 0. The maximum Gasteiger partial charge on any atom is 0.147 e. The van der Waals surface area contributed by atoms with E-state index < -0.39 is 0 Å². The number of nitrogens with one attached hydrogen (secondary N) is 1. The lowest BCUT2D eigenvalue weighted by Gasteiger charge is -1.91. The maximum atomic E-state index is 5.69. The second kappa shape index (κ2) is 5.15. The summed E-state index contributed by atoms with van der Waals surface area (Å²) >= 11 is 9.14. The zero-order chi connectivity index (χ0) is 13.2. The molecular weight excluding hydrogens is 326 g/mol. The van der Waals surface area contributed by atoms with Gasteiger partial charge in [0.05, 0.1) is 18.1 Å². The summed E-state index contributed by atoms with van der Waals surface area (Å²) in [6.07, 6.45) is 7.02. The van der Waals surface area contributed by atoms with Crippen molar-refractivity contribution < 1.29 is 0 Å². The van der Waals surface area contributed by atoms with E-state index in [2.05, 4.69) is 49.1 Å². The maximum absolute atomic E-state index is 5.69. The minimum Gasteiger partial charge on any atom is -0.355 e. The molecule has 0 spiro atoms. The van der Waals surface area contributed by atoms with Crippen molar-refractivity contribution in [2.45, 2.75) is 0 Å². The van der Waals surface area contributed by atoms with Gasteiger partial charge >= 0.3 is 0 Å². The summed E-state index contributed by atoms with van der Waals surface area (Å²) in [5, 5.41) is 1.57. The van der Waals surface area contributed by atoms with Gasteiger partial charge in [0.1, 0.15) is 5.15 Å². The Balaban J connectivity index is 1.90. The van der Waals surface area contributed by atoms with Crippen LogP contribution in [0.5, 0.6) is 0 Å². The van der Waals surface area contributed by atoms with E-state index in [-0.39, 0.29) is 0 Å². The first kappa shape index (κ1) is 12.4. The summed E-state index contributed by atoms with van der Waals surface area (Å²) in [7, 11) is 0. The van der Waals surface area contributed by atoms with Crippen molar-refractivity contribution >= 4 is 50.6 Å². The molecule has 19 heavy (non-hydrogen) atoms. The smallest absolute Gasteiger partial charge is 0.147 e. The number of nitrogens with zero attached hydrogens (tertiary/aromatic N) is 2. The van der Waals surface area contributed by atoms with Gasteiger partial charge in [0.15, 0.2) is 0 Å². The lowest BCUT2D eigenvalue weighted by atomic mass is 10.2. The number of benzene rings is 1. The molecule has 0 saturated heterocycles. The molecule has 0 atom stereocenters. The molecule has 0 aliphatic rings. The summed E-state index contributed by atoms with van der Waals surface area (Å²) in [4.78, 5) is 11.5. The average Bonchev–Trinajstić information content (AvgIpc) is 2.80. The van der Waals surface area contributed by atoms with Crippen LogP contribution in [0.4, 0.5) is 0 Å². The van der Waals surface area contributed by atoms with E-state index in [1.807, 2.05) is 18.2 Å². The minimum absolute atomic E-state index is 0.396. The van der Waals surface area contributed by atoms with Crippen LogP contribution in [0, 0.1) is 0 Å². The summed E-state index contributed by atoms with van der Waals surface area (Å²) in [6, 6.07) is 8.22. The molecule has 1 aromatic carbocycles. The van der Waals surface area contributed by atoms with Gasteiger partial charge in [-0.3, -0.25) is 4.98 Å². The Bertz CT molecular complexity index is 747. The van der Waals surface area contributed by atoms with Gasteiger partial charge in [-0.1, -0.05) is 33.6 Å². The van der Waals surface area contributed by atoms with E-state index in [4.69, 9.17) is 11.6 Å². The normalized spacial score (nSPS) is 11.5. The number of hydrogen-bond acceptors (Lipinski definition) is 2. The molecular formula is C14H9BrClN3. The number of fused-ring (bicyclic) bond motifs is 1. The van der Waals surface area contributed by atoms with E-state index in [1.54, 1.807) is 6.20 Å². The van der Waals surface area contributed by atoms with Crippen LogP contribution >= 0.6 is 27.5 Å². The van der Waals surface area contributed by atoms with Crippen molar-refractivity contribution in [2.24, 2.45) is 0 Å². The number of rotatable bonds is 2. The third-order valence-electron chi connectivity index (χ3n) is 2.68. The van der Waals surface area contributed by atoms with Gasteiger partial charge in [0.25, 0.3) is 0 Å². The number of H-pyrrole nitrogens is 1. The van der Waals surface area contributed by atoms with Gasteiger partial charge in [0.2, 0.25) is 0 Å². The van der Waals surface area contributed by atoms with E-state index in [1.165, 1.54) is 11.6 Å². The monoisotopic (exact) mass is 333 g/mol. The predicted octanol–water partition coefficient (Wildman–Crippen LogP) is 4.54. The Morgan fingerprint density at radius 1 is 1.11 bits per heavy atom. The second-order valence-electron chi connectivity index (χ2n) is 4.05. The van der Waals surface area contributed by atoms with Crippen molar-refractivity contribution in [1.29, 1.82) is 0 Å². The molecule has 1 N–H and O–H groups in total. The van der Waals surface area contributed by atoms with Gasteiger partial charge in [-0.25, -0.2) is 4.98 Å². The van der Waals surface area contributed by atoms with Crippen LogP contribution in [-0.4, -0.2) is 15.0 Å². The second-order valence-corrected chi connectivity index (χ2v) is 5.36. The SMILES string of the molecule is Clc1cnc(C=Cc2cc3ccc(Br)cc3[nH]2)cn1. The molecule has 0 aliphatic heterocycles. The Hall–Kier alpha value is -1.65. The molecule has 0 aliphatic carbocycles. The van der Waals surface area contributed by atoms with Crippen LogP contribution in [0.25, 0.3) is 23.1 Å². The summed E-state index contributed by atoms with van der Waals surface area (Å²) in [6.45, 7) is 0. The van der Waals surface area contributed by atoms with E-state index in [0.29, 0.717) is 5.15 Å². The highest BCUT2D eigenvalue weighted by Gasteiger charge is 1.99. The predicted molar refractivity (Wildman–Crippen MR) is 82.0 cm³/mol. The Morgan fingerprint density at radius 3 is 2.79 bits per heavy atom. The number of aromatic amines is 1. The topological polar surface area (TPSA) is 41.6 Å². The molecule has 3 aromatic rings. The van der Waals surface area contributed by atoms with E-state index >= 15 is 0 Å². The molecule has 0 bridgehead atoms. The number of hydrogen-bond donors (Lipinski definition) is 1. The van der Waals surface area contributed by atoms with Crippen LogP contribution in [0.1, 0.15) is 11.4 Å². The van der Waals surface area contributed by atoms with Gasteiger partial charge in [-0.05, 0) is 30.4 Å². The molecule has 0 unspecified atom stereocenters. The zero-order valence-corrected chi connectivity index (χ0v) is 12.1. The third-order valence-corrected chi connectivity index (χ3v) is 3.37. The number of aromatic nitrogens is 3. The van der Waals surface area contributed by atoms with Crippen molar-refractivity contribution in [1.82, 2.24) is 15.0 Å². The van der Waals surface area contributed by atoms with Crippen molar-refractivity contribution in [3.8, 4) is 0 Å². The van der Waals surface area contributed by atoms with Crippen molar-refractivity contribution in [3.05, 3.63) is 57.7 Å². The molecule has 94 valence electrons. The van der Waals surface area contributed by atoms with Gasteiger partial charge in [-0.15, -0.1) is 0 Å². The lowest BCUT2D eigenvalue weighted by Crippen LogP contribution is -1.82. The largest absolute Gasteiger partial charge is 0.355 e. The fraction of sp³-hybridized carbons (Fsp3) is 0. The molecule has 3 rings (SSSR count). The zero-order valence-electron chi connectivity index (χ0n) is 9.77. The first-order chi connectivity index (χ1) is 9.20. The van der Waals surface area contributed by atoms with Crippen LogP contribution in [-0.2, 0) is 0 Å². The van der Waals surface area contributed by atoms with Crippen molar-refractivity contribution in [2.75, 3.05) is 0 Å². The Morgan fingerprint density at radius 2 is 2.00 bits per heavy atom. The molecule has 2 heterocycles. The van der Waals surface area contributed by atoms with Crippen molar-refractivity contribution in [3.63, 3.8) is 0 Å². The number of halogens is 2. The first-order valence-electron chi connectivity index (χ1n) is 5.64. The molecule has 0 saturated carbocycles. The average molecular weight is 335 g/mol. The molecule has 0 fully saturated rings. The molecule has 5 heteroatoms. The molecule has 2 aromatic heterocycles. The highest BCUT2D eigenvalue weighted by Crippen LogP contribution is 2.21. The molecule has 0 radical (unpaired) electrons. The highest BCUT2D eigenvalue weighted by molar-refractivity contribution is 9.10. The molecule has 0 amide bonds. The first-order valence-corrected chi connectivity index (χ1v) is 6.82. The van der Waals surface area contributed by atoms with Crippen LogP contribution in [0.3, 0.4) is 0 Å². The third kappa shape index (κ3) is 2.85. The van der Waals surface area contributed by atoms with Gasteiger partial charge in [0, 0.05) is 21.1 Å². The van der Waals surface area contributed by atoms with Gasteiger partial charge < -0.3 is 4.98 Å². The molecule has 3 nitrogen and oxygen atoms in total. The minimum atomic E-state index is 0.396. The van der Waals surface area contributed by atoms with Crippen LogP contribution in [0.15, 0.2) is 41.1 Å². The quantitative estimate of drug-likeness (QED) is 0.747. The van der Waals surface area contributed by atoms with Crippen LogP contribution < -0.4 is 0 Å². The van der Waals surface area contributed by atoms with E-state index in [0.717, 1.165) is 21.4 Å². The fourth-order valence-electron chi connectivity index (χ4n) is 1.80. The van der Waals surface area contributed by atoms with E-state index in [9.17, 15) is 0 Å².